The Morgan fingerprint density at radius 1 is 0.900 bits per heavy atom. The number of amides is 6. The molecule has 6 N–H and O–H groups in total. The number of carbonyl (C=O) groups excluding carboxylic acids is 6. The Morgan fingerprint density at radius 3 is 2.09 bits per heavy atom. The normalized spacial score (nSPS) is 14.1. The Labute approximate surface area is 415 Å². The molecule has 1 unspecified atom stereocenters. The van der Waals surface area contributed by atoms with Crippen LogP contribution in [0.4, 0.5) is 11.9 Å². The molecule has 4 aromatic heterocycles. The van der Waals surface area contributed by atoms with E-state index < -0.39 is 27.7 Å². The standard InChI is InChI=1S/C45H53N14O9S.Sn/c1-7-28-22-30(69(47,66)67)25-32-39(28)57(44(49-32)51-43(65)34-21-27(4)53-59(34)8-2)16-9-10-17-58-40-31(48-45(58)50-42(64)33-20-26(3)52-55(33)6)23-29(41(46)63)24-35(40)68-19-11-15-54(5)36(60)14-18-56-37(61)12-13-38(56)62;/h9-10,12,20-25H,7-8,11,13-19H2,1-6H3,(H2,46,63)(H2,47,66,67)(H,48,50,64)(H,49,51,65);/b10-9+;. The predicted octanol–water partition coefficient (Wildman–Crippen LogP) is 2.36. The van der Waals surface area contributed by atoms with Crippen LogP contribution in [0, 0.1) is 13.8 Å². The molecule has 70 heavy (non-hydrogen) atoms. The van der Waals surface area contributed by atoms with Gasteiger partial charge in [0.05, 0.1) is 32.8 Å². The van der Waals surface area contributed by atoms with E-state index in [9.17, 15) is 37.2 Å². The third kappa shape index (κ3) is 10.9. The van der Waals surface area contributed by atoms with Crippen LogP contribution in [0.1, 0.15) is 81.4 Å². The number of aryl methyl sites for hydroxylation is 5. The number of hydrogen-bond acceptors (Lipinski definition) is 13. The zero-order valence-corrected chi connectivity index (χ0v) is 43.1. The molecule has 7 rings (SSSR count). The molecule has 6 aromatic rings. The van der Waals surface area contributed by atoms with Crippen molar-refractivity contribution < 1.29 is 41.9 Å². The summed E-state index contributed by atoms with van der Waals surface area (Å²) in [5.41, 5.74) is 9.82. The second-order valence-electron chi connectivity index (χ2n) is 16.7. The molecule has 1 atom stereocenters. The zero-order valence-electron chi connectivity index (χ0n) is 39.5. The molecule has 23 nitrogen and oxygen atoms in total. The van der Waals surface area contributed by atoms with Crippen molar-refractivity contribution in [3.63, 3.8) is 0 Å². The number of anilines is 2. The van der Waals surface area contributed by atoms with E-state index in [1.807, 2.05) is 13.8 Å². The number of aromatic nitrogens is 8. The van der Waals surface area contributed by atoms with Crippen LogP contribution in [0.3, 0.4) is 0 Å². The maximum Gasteiger partial charge on any atom is 0.113 e. The first kappa shape index (κ1) is 50.9. The second-order valence-corrected chi connectivity index (χ2v) is 20.3. The number of fused-ring (bicyclic) bond motifs is 2. The molecule has 5 heterocycles. The average molecular weight is 1080 g/mol. The van der Waals surface area contributed by atoms with E-state index in [0.717, 1.165) is 27.4 Å². The van der Waals surface area contributed by atoms with Gasteiger partial charge in [-0.1, -0.05) is 19.1 Å². The molecular weight excluding hydrogens is 1030 g/mol. The van der Waals surface area contributed by atoms with E-state index >= 15 is 0 Å². The Kier molecular flexibility index (Phi) is 15.3. The summed E-state index contributed by atoms with van der Waals surface area (Å²) in [7, 11) is -0.859. The average Bonchev–Trinajstić information content (AvgIpc) is 4.10. The summed E-state index contributed by atoms with van der Waals surface area (Å²) in [6.45, 7) is 8.23. The fourth-order valence-corrected chi connectivity index (χ4v) is 9.72. The van der Waals surface area contributed by atoms with Crippen molar-refractivity contribution in [1.82, 2.24) is 48.5 Å². The number of imidazole rings is 2. The van der Waals surface area contributed by atoms with Gasteiger partial charge in [0.25, 0.3) is 11.8 Å². The number of primary amides is 1. The van der Waals surface area contributed by atoms with Crippen molar-refractivity contribution in [3.8, 4) is 5.75 Å². The van der Waals surface area contributed by atoms with E-state index in [1.54, 1.807) is 66.0 Å². The van der Waals surface area contributed by atoms with Gasteiger partial charge in [0.15, 0.2) is 0 Å². The number of hydrogen-bond donors (Lipinski definition) is 4. The number of likely N-dealkylation sites (tertiary alicyclic amines) is 1. The first-order valence-electron chi connectivity index (χ1n) is 22.3. The second kappa shape index (κ2) is 21.0. The van der Waals surface area contributed by atoms with Gasteiger partial charge in [-0.05, 0) is 69.2 Å². The molecule has 1 saturated heterocycles. The van der Waals surface area contributed by atoms with Crippen LogP contribution in [-0.4, -0.2) is 142 Å². The predicted molar refractivity (Wildman–Crippen MR) is 258 cm³/mol. The third-order valence-electron chi connectivity index (χ3n) is 11.7. The number of primary sulfonamides is 1. The summed E-state index contributed by atoms with van der Waals surface area (Å²) >= 11 is 0.960. The molecular formula is C45H53N14O9SSn. The van der Waals surface area contributed by atoms with Crippen molar-refractivity contribution in [3.05, 3.63) is 82.5 Å². The number of nitrogens with two attached hydrogens (primary N) is 2. The van der Waals surface area contributed by atoms with Crippen molar-refractivity contribution in [2.45, 2.75) is 81.8 Å². The molecule has 0 spiro atoms. The van der Waals surface area contributed by atoms with Gasteiger partial charge in [0, 0.05) is 32.2 Å². The molecule has 1 fully saturated rings. The number of rotatable bonds is 20. The van der Waals surface area contributed by atoms with Gasteiger partial charge in [-0.15, -0.1) is 0 Å². The Bertz CT molecular complexity index is 3220. The van der Waals surface area contributed by atoms with E-state index in [-0.39, 0.29) is 112 Å². The van der Waals surface area contributed by atoms with Gasteiger partial charge in [0.2, 0.25) is 27.8 Å². The van der Waals surface area contributed by atoms with Crippen LogP contribution in [0.5, 0.6) is 5.75 Å². The molecule has 1 aliphatic heterocycles. The smallest absolute Gasteiger partial charge is 0.0733 e. The van der Waals surface area contributed by atoms with Crippen molar-refractivity contribution in [2.24, 2.45) is 17.9 Å². The molecule has 0 saturated carbocycles. The Balaban J connectivity index is 1.20. The minimum absolute atomic E-state index is 0.0159. The molecule has 2 aromatic carbocycles. The van der Waals surface area contributed by atoms with Gasteiger partial charge < -0.3 is 14.9 Å². The van der Waals surface area contributed by atoms with E-state index in [1.165, 1.54) is 33.8 Å². The molecule has 6 amide bonds. The number of imide groups is 1. The van der Waals surface area contributed by atoms with Gasteiger partial charge >= 0.3 is 125 Å². The van der Waals surface area contributed by atoms with Crippen molar-refractivity contribution >= 4 is 102 Å². The van der Waals surface area contributed by atoms with Gasteiger partial charge in [-0.25, -0.2) is 23.5 Å². The zero-order chi connectivity index (χ0) is 50.8. The minimum atomic E-state index is -4.11. The number of ether oxygens (including phenoxy) is 1. The Hall–Kier alpha value is -6.93. The third-order valence-corrected chi connectivity index (χ3v) is 13.9. The maximum atomic E-state index is 13.7. The molecule has 25 heteroatoms. The van der Waals surface area contributed by atoms with Gasteiger partial charge in [-0.3, -0.25) is 34.4 Å². The van der Waals surface area contributed by atoms with Gasteiger partial charge in [-0.2, -0.15) is 10.2 Å². The number of nitrogens with zero attached hydrogens (tertiary/aromatic N) is 10. The van der Waals surface area contributed by atoms with Crippen LogP contribution >= 0.6 is 0 Å². The van der Waals surface area contributed by atoms with Crippen LogP contribution in [0.25, 0.3) is 22.1 Å². The fraction of sp³-hybridized carbons (Fsp3) is 0.378. The van der Waals surface area contributed by atoms with Crippen LogP contribution < -0.4 is 26.2 Å². The Morgan fingerprint density at radius 2 is 1.51 bits per heavy atom. The van der Waals surface area contributed by atoms with E-state index in [2.05, 4.69) is 25.8 Å². The summed E-state index contributed by atoms with van der Waals surface area (Å²) in [5.74, 6) is -2.07. The molecule has 3 radical (unpaired) electrons. The maximum absolute atomic E-state index is 13.7. The first-order chi connectivity index (χ1) is 33.2. The molecule has 367 valence electrons. The van der Waals surface area contributed by atoms with Crippen LogP contribution in [-0.2, 0) is 57.5 Å². The quantitative estimate of drug-likeness (QED) is 0.0370. The van der Waals surface area contributed by atoms with Gasteiger partial charge in [0.1, 0.15) is 16.9 Å². The fourth-order valence-electron chi connectivity index (χ4n) is 8.20. The number of nitrogens with one attached hydrogen (secondary N) is 2. The van der Waals surface area contributed by atoms with Crippen molar-refractivity contribution in [1.29, 1.82) is 0 Å². The first-order valence-corrected chi connectivity index (χ1v) is 25.5. The van der Waals surface area contributed by atoms with E-state index in [4.69, 9.17) is 20.6 Å². The monoisotopic (exact) mass is 1090 g/mol. The molecule has 0 aliphatic carbocycles. The number of allylic oxidation sites excluding steroid dienone is 2. The SMILES string of the molecule is CCc1cc(S(N)(=O)=O)cc2nc(NC(=O)c3cc(C)nn3CC)n(C/C=C/Cn3c(NC(=O)c4cc(C)nn4C)nc4cc(C(N)=O)cc(OCCCN(C)C(=O)CCN5C(=O)C[CH]([Sn])C5=O)c43)c12. The molecule has 1 aliphatic rings. The van der Waals surface area contributed by atoms with E-state index in [0.29, 0.717) is 53.1 Å². The topological polar surface area (TPSA) is 300 Å². The summed E-state index contributed by atoms with van der Waals surface area (Å²) in [5, 5.41) is 20.0. The summed E-state index contributed by atoms with van der Waals surface area (Å²) in [6, 6.07) is 9.08. The number of sulfonamides is 1. The minimum Gasteiger partial charge on any atom is 0.0733 e. The summed E-state index contributed by atoms with van der Waals surface area (Å²) < 4.78 is 37.5. The summed E-state index contributed by atoms with van der Waals surface area (Å²) in [6.07, 6.45) is 4.49. The largest absolute Gasteiger partial charge is 0.113 e. The van der Waals surface area contributed by atoms with Crippen LogP contribution in [0.15, 0.2) is 53.4 Å². The number of benzene rings is 2. The van der Waals surface area contributed by atoms with Crippen LogP contribution in [0.2, 0.25) is 3.93 Å². The van der Waals surface area contributed by atoms with Crippen molar-refractivity contribution in [2.75, 3.05) is 37.4 Å². The summed E-state index contributed by atoms with van der Waals surface area (Å²) in [4.78, 5) is 89.6. The number of carbonyl (C=O) groups is 6. The molecule has 0 bridgehead atoms.